The van der Waals surface area contributed by atoms with E-state index in [9.17, 15) is 9.59 Å². The largest absolute Gasteiger partial charge is 0.491 e. The van der Waals surface area contributed by atoms with E-state index >= 15 is 0 Å². The zero-order valence-corrected chi connectivity index (χ0v) is 22.3. The van der Waals surface area contributed by atoms with Gasteiger partial charge in [0.25, 0.3) is 5.91 Å². The van der Waals surface area contributed by atoms with Gasteiger partial charge in [-0.2, -0.15) is 0 Å². The molecule has 0 heterocycles. The third-order valence-electron chi connectivity index (χ3n) is 6.31. The molecule has 6 nitrogen and oxygen atoms in total. The molecule has 0 spiro atoms. The number of carboxylic acid groups (broad SMARTS) is 1. The number of amides is 1. The predicted octanol–water partition coefficient (Wildman–Crippen LogP) is 7.14. The van der Waals surface area contributed by atoms with Crippen LogP contribution in [0.3, 0.4) is 0 Å². The average molecular weight is 504 g/mol. The maximum absolute atomic E-state index is 13.1. The van der Waals surface area contributed by atoms with Gasteiger partial charge in [-0.3, -0.25) is 9.59 Å². The number of hydrogen-bond acceptors (Lipinski definition) is 4. The number of carbonyl (C=O) groups excluding carboxylic acids is 1. The Balaban J connectivity index is 1.68. The van der Waals surface area contributed by atoms with E-state index in [2.05, 4.69) is 43.4 Å². The molecule has 3 aromatic carbocycles. The molecular weight excluding hydrogens is 466 g/mol. The van der Waals surface area contributed by atoms with Crippen molar-refractivity contribution in [3.8, 4) is 11.5 Å². The molecule has 0 aliphatic heterocycles. The maximum atomic E-state index is 13.1. The number of benzene rings is 3. The van der Waals surface area contributed by atoms with Crippen LogP contribution in [0.2, 0.25) is 0 Å². The Hall–Kier alpha value is -3.80. The normalized spacial score (nSPS) is 11.7. The van der Waals surface area contributed by atoms with E-state index in [1.165, 1.54) is 5.56 Å². The van der Waals surface area contributed by atoms with E-state index in [0.29, 0.717) is 29.3 Å². The number of anilines is 1. The second-order valence-corrected chi connectivity index (χ2v) is 9.76. The Morgan fingerprint density at radius 2 is 1.59 bits per heavy atom. The molecule has 2 N–H and O–H groups in total. The lowest BCUT2D eigenvalue weighted by molar-refractivity contribution is -0.137. The highest BCUT2D eigenvalue weighted by Crippen LogP contribution is 2.30. The first-order chi connectivity index (χ1) is 17.7. The summed E-state index contributed by atoms with van der Waals surface area (Å²) in [5.41, 5.74) is 5.27. The summed E-state index contributed by atoms with van der Waals surface area (Å²) < 4.78 is 12.0. The molecule has 0 aliphatic carbocycles. The smallest absolute Gasteiger partial charge is 0.303 e. The van der Waals surface area contributed by atoms with Crippen molar-refractivity contribution in [3.05, 3.63) is 88.5 Å². The number of aliphatic carboxylic acids is 1. The zero-order chi connectivity index (χ0) is 26.9. The summed E-state index contributed by atoms with van der Waals surface area (Å²) in [6.45, 7) is 10.6. The standard InChI is InChI=1S/C31H37NO5/c1-20(2)19-24-12-14-25(15-13-24)23(5)37-28-17-16-26(21(3)22(28)4)31(35)32-27-9-6-7-10-29(27)36-18-8-11-30(33)34/h6-7,9-10,12-17,20,23H,8,11,18-19H2,1-5H3,(H,32,35)(H,33,34). The SMILES string of the molecule is Cc1c(OC(C)c2ccc(CC(C)C)cc2)ccc(C(=O)Nc2ccccc2OCCCC(=O)O)c1C. The van der Waals surface area contributed by atoms with Gasteiger partial charge < -0.3 is 19.9 Å². The van der Waals surface area contributed by atoms with Crippen LogP contribution in [0.5, 0.6) is 11.5 Å². The number of rotatable bonds is 12. The van der Waals surface area contributed by atoms with Crippen LogP contribution in [0, 0.1) is 19.8 Å². The van der Waals surface area contributed by atoms with E-state index in [4.69, 9.17) is 14.6 Å². The van der Waals surface area contributed by atoms with Gasteiger partial charge in [0.05, 0.1) is 12.3 Å². The second kappa shape index (κ2) is 12.9. The molecule has 37 heavy (non-hydrogen) atoms. The minimum Gasteiger partial charge on any atom is -0.491 e. The van der Waals surface area contributed by atoms with Crippen LogP contribution < -0.4 is 14.8 Å². The molecular formula is C31H37NO5. The van der Waals surface area contributed by atoms with Crippen molar-refractivity contribution >= 4 is 17.6 Å². The number of nitrogens with one attached hydrogen (secondary N) is 1. The van der Waals surface area contributed by atoms with Crippen LogP contribution in [-0.2, 0) is 11.2 Å². The molecule has 0 aromatic heterocycles. The number of carboxylic acids is 1. The number of hydrogen-bond donors (Lipinski definition) is 2. The van der Waals surface area contributed by atoms with E-state index in [0.717, 1.165) is 28.9 Å². The molecule has 6 heteroatoms. The molecule has 1 unspecified atom stereocenters. The molecule has 0 fully saturated rings. The zero-order valence-electron chi connectivity index (χ0n) is 22.3. The quantitative estimate of drug-likeness (QED) is 0.257. The van der Waals surface area contributed by atoms with Crippen LogP contribution in [0.25, 0.3) is 0 Å². The molecule has 1 atom stereocenters. The van der Waals surface area contributed by atoms with Crippen LogP contribution in [-0.4, -0.2) is 23.6 Å². The minimum absolute atomic E-state index is 0.0312. The van der Waals surface area contributed by atoms with E-state index in [1.54, 1.807) is 18.2 Å². The van der Waals surface area contributed by atoms with Crippen LogP contribution in [0.1, 0.15) is 72.3 Å². The first-order valence-corrected chi connectivity index (χ1v) is 12.8. The fourth-order valence-electron chi connectivity index (χ4n) is 4.12. The summed E-state index contributed by atoms with van der Waals surface area (Å²) in [6, 6.07) is 19.3. The highest BCUT2D eigenvalue weighted by Gasteiger charge is 2.17. The highest BCUT2D eigenvalue weighted by atomic mass is 16.5. The van der Waals surface area contributed by atoms with Gasteiger partial charge in [-0.15, -0.1) is 0 Å². The Morgan fingerprint density at radius 1 is 0.892 bits per heavy atom. The molecule has 3 aromatic rings. The first-order valence-electron chi connectivity index (χ1n) is 12.8. The number of ether oxygens (including phenoxy) is 2. The maximum Gasteiger partial charge on any atom is 0.303 e. The Bertz CT molecular complexity index is 1220. The molecule has 0 radical (unpaired) electrons. The van der Waals surface area contributed by atoms with Crippen molar-refractivity contribution in [1.29, 1.82) is 0 Å². The summed E-state index contributed by atoms with van der Waals surface area (Å²) in [5.74, 6) is 0.754. The van der Waals surface area contributed by atoms with Gasteiger partial charge >= 0.3 is 5.97 Å². The molecule has 0 saturated carbocycles. The lowest BCUT2D eigenvalue weighted by atomic mass is 10.00. The fourth-order valence-corrected chi connectivity index (χ4v) is 4.12. The van der Waals surface area contributed by atoms with Crippen molar-refractivity contribution in [3.63, 3.8) is 0 Å². The molecule has 1 amide bonds. The van der Waals surface area contributed by atoms with Crippen LogP contribution >= 0.6 is 0 Å². The topological polar surface area (TPSA) is 84.9 Å². The average Bonchev–Trinajstić information content (AvgIpc) is 2.85. The van der Waals surface area contributed by atoms with Gasteiger partial charge in [-0.1, -0.05) is 50.2 Å². The third-order valence-corrected chi connectivity index (χ3v) is 6.31. The molecule has 0 bridgehead atoms. The van der Waals surface area contributed by atoms with E-state index in [-0.39, 0.29) is 25.0 Å². The Kier molecular flexibility index (Phi) is 9.72. The lowest BCUT2D eigenvalue weighted by Crippen LogP contribution is -2.15. The van der Waals surface area contributed by atoms with Crippen molar-refractivity contribution < 1.29 is 24.2 Å². The summed E-state index contributed by atoms with van der Waals surface area (Å²) in [5, 5.41) is 11.7. The van der Waals surface area contributed by atoms with Gasteiger partial charge in [0, 0.05) is 12.0 Å². The van der Waals surface area contributed by atoms with Crippen LogP contribution in [0.4, 0.5) is 5.69 Å². The monoisotopic (exact) mass is 503 g/mol. The molecule has 3 rings (SSSR count). The van der Waals surface area contributed by atoms with E-state index < -0.39 is 5.97 Å². The fraction of sp³-hybridized carbons (Fsp3) is 0.355. The lowest BCUT2D eigenvalue weighted by Gasteiger charge is -2.20. The molecule has 0 aliphatic rings. The minimum atomic E-state index is -0.864. The Labute approximate surface area is 219 Å². The first kappa shape index (κ1) is 27.8. The van der Waals surface area contributed by atoms with Crippen molar-refractivity contribution in [1.82, 2.24) is 0 Å². The van der Waals surface area contributed by atoms with Gasteiger partial charge in [0.1, 0.15) is 17.6 Å². The van der Waals surface area contributed by atoms with Crippen LogP contribution in [0.15, 0.2) is 60.7 Å². The summed E-state index contributed by atoms with van der Waals surface area (Å²) in [4.78, 5) is 23.9. The van der Waals surface area contributed by atoms with Crippen molar-refractivity contribution in [2.45, 2.75) is 60.0 Å². The van der Waals surface area contributed by atoms with Gasteiger partial charge in [0.2, 0.25) is 0 Å². The van der Waals surface area contributed by atoms with E-state index in [1.807, 2.05) is 39.0 Å². The predicted molar refractivity (Wildman–Crippen MR) is 147 cm³/mol. The highest BCUT2D eigenvalue weighted by molar-refractivity contribution is 6.06. The third kappa shape index (κ3) is 7.84. The number of para-hydroxylation sites is 2. The van der Waals surface area contributed by atoms with Crippen molar-refractivity contribution in [2.24, 2.45) is 5.92 Å². The summed E-state index contributed by atoms with van der Waals surface area (Å²) in [7, 11) is 0. The number of carbonyl (C=O) groups is 2. The summed E-state index contributed by atoms with van der Waals surface area (Å²) in [6.07, 6.45) is 1.34. The molecule has 196 valence electrons. The summed E-state index contributed by atoms with van der Waals surface area (Å²) >= 11 is 0. The second-order valence-electron chi connectivity index (χ2n) is 9.76. The Morgan fingerprint density at radius 3 is 2.27 bits per heavy atom. The molecule has 0 saturated heterocycles. The van der Waals surface area contributed by atoms with Gasteiger partial charge in [0.15, 0.2) is 0 Å². The van der Waals surface area contributed by atoms with Gasteiger partial charge in [-0.25, -0.2) is 0 Å². The van der Waals surface area contributed by atoms with Crippen molar-refractivity contribution in [2.75, 3.05) is 11.9 Å². The van der Waals surface area contributed by atoms with Gasteiger partial charge in [-0.05, 0) is 86.1 Å².